The number of aliphatic hydroxyl groups excluding tert-OH is 8. The Morgan fingerprint density at radius 1 is 0.763 bits per heavy atom. The zero-order valence-corrected chi connectivity index (χ0v) is 20.3. The van der Waals surface area contributed by atoms with Crippen LogP contribution in [0.4, 0.5) is 4.79 Å². The Morgan fingerprint density at radius 3 is 1.68 bits per heavy atom. The molecule has 10 atom stereocenters. The lowest BCUT2D eigenvalue weighted by Crippen LogP contribution is -2.60. The van der Waals surface area contributed by atoms with Gasteiger partial charge < -0.3 is 69.9 Å². The first-order valence-corrected chi connectivity index (χ1v) is 12.0. The third-order valence-corrected chi connectivity index (χ3v) is 6.15. The van der Waals surface area contributed by atoms with E-state index in [1.165, 1.54) is 0 Å². The minimum absolute atomic E-state index is 0.0550. The van der Waals surface area contributed by atoms with Gasteiger partial charge in [-0.3, -0.25) is 0 Å². The van der Waals surface area contributed by atoms with Crippen molar-refractivity contribution in [2.45, 2.75) is 74.1 Å². The molecule has 1 aromatic rings. The predicted molar refractivity (Wildman–Crippen MR) is 123 cm³/mol. The Bertz CT molecular complexity index is 805. The number of benzene rings is 1. The van der Waals surface area contributed by atoms with Crippen molar-refractivity contribution in [3.05, 3.63) is 35.9 Å². The van der Waals surface area contributed by atoms with Crippen LogP contribution in [-0.2, 0) is 30.3 Å². The molecule has 0 bridgehead atoms. The molecule has 0 aromatic heterocycles. The maximum absolute atomic E-state index is 12.4. The van der Waals surface area contributed by atoms with Crippen LogP contribution in [0.1, 0.15) is 5.56 Å². The molecule has 2 saturated heterocycles. The molecule has 38 heavy (non-hydrogen) atoms. The molecule has 2 aliphatic heterocycles. The zero-order chi connectivity index (χ0) is 27.8. The smallest absolute Gasteiger partial charge is 0.407 e. The van der Waals surface area contributed by atoms with Crippen molar-refractivity contribution < 1.29 is 69.3 Å². The number of carbonyl (C=O) groups is 1. The van der Waals surface area contributed by atoms with Gasteiger partial charge in [0.05, 0.1) is 32.5 Å². The number of hydrogen-bond donors (Lipinski definition) is 9. The topological polar surface area (TPSA) is 237 Å². The third-order valence-electron chi connectivity index (χ3n) is 6.15. The fourth-order valence-electron chi connectivity index (χ4n) is 3.90. The van der Waals surface area contributed by atoms with E-state index in [-0.39, 0.29) is 6.61 Å². The van der Waals surface area contributed by atoms with Crippen molar-refractivity contribution in [2.24, 2.45) is 0 Å². The van der Waals surface area contributed by atoms with Crippen LogP contribution in [0.2, 0.25) is 0 Å². The third kappa shape index (κ3) is 7.78. The number of nitrogens with one attached hydrogen (secondary N) is 1. The molecule has 2 heterocycles. The summed E-state index contributed by atoms with van der Waals surface area (Å²) < 4.78 is 26.7. The summed E-state index contributed by atoms with van der Waals surface area (Å²) in [6.07, 6.45) is -16.2. The summed E-state index contributed by atoms with van der Waals surface area (Å²) in [6.45, 7) is -2.22. The van der Waals surface area contributed by atoms with Crippen LogP contribution in [0.15, 0.2) is 30.3 Å². The summed E-state index contributed by atoms with van der Waals surface area (Å²) in [7, 11) is 0. The Labute approximate surface area is 217 Å². The lowest BCUT2D eigenvalue weighted by atomic mass is 9.99. The average Bonchev–Trinajstić information content (AvgIpc) is 2.93. The van der Waals surface area contributed by atoms with E-state index in [1.54, 1.807) is 30.3 Å². The number of alkyl carbamates (subject to hydrolysis) is 1. The second-order valence-corrected chi connectivity index (χ2v) is 8.96. The lowest BCUT2D eigenvalue weighted by molar-refractivity contribution is -0.309. The molecule has 216 valence electrons. The van der Waals surface area contributed by atoms with Crippen molar-refractivity contribution >= 4 is 6.09 Å². The van der Waals surface area contributed by atoms with Gasteiger partial charge in [-0.15, -0.1) is 0 Å². The molecular weight excluding hydrogens is 514 g/mol. The van der Waals surface area contributed by atoms with E-state index >= 15 is 0 Å². The first kappa shape index (κ1) is 30.6. The number of aliphatic hydroxyl groups is 8. The Balaban J connectivity index is 1.63. The van der Waals surface area contributed by atoms with Crippen LogP contribution in [0.3, 0.4) is 0 Å². The van der Waals surface area contributed by atoms with Gasteiger partial charge in [-0.25, -0.2) is 4.79 Å². The molecule has 0 saturated carbocycles. The van der Waals surface area contributed by atoms with E-state index in [9.17, 15) is 45.6 Å². The highest BCUT2D eigenvalue weighted by molar-refractivity contribution is 5.67. The van der Waals surface area contributed by atoms with Crippen LogP contribution in [0.25, 0.3) is 0 Å². The van der Waals surface area contributed by atoms with Crippen molar-refractivity contribution in [1.82, 2.24) is 5.32 Å². The minimum Gasteiger partial charge on any atom is -0.445 e. The van der Waals surface area contributed by atoms with E-state index in [2.05, 4.69) is 5.32 Å². The maximum Gasteiger partial charge on any atom is 0.407 e. The monoisotopic (exact) mass is 549 g/mol. The van der Waals surface area contributed by atoms with Gasteiger partial charge in [-0.05, 0) is 5.56 Å². The van der Waals surface area contributed by atoms with E-state index in [1.807, 2.05) is 0 Å². The summed E-state index contributed by atoms with van der Waals surface area (Å²) >= 11 is 0. The quantitative estimate of drug-likeness (QED) is 0.128. The summed E-state index contributed by atoms with van der Waals surface area (Å²) in [4.78, 5) is 12.4. The van der Waals surface area contributed by atoms with Crippen LogP contribution in [0.5, 0.6) is 0 Å². The number of ether oxygens (including phenoxy) is 5. The fraction of sp³-hybridized carbons (Fsp3) is 0.696. The van der Waals surface area contributed by atoms with Crippen LogP contribution in [0, 0.1) is 0 Å². The van der Waals surface area contributed by atoms with E-state index in [0.29, 0.717) is 5.56 Å². The lowest BCUT2D eigenvalue weighted by Gasteiger charge is -2.40. The molecule has 15 nitrogen and oxygen atoms in total. The van der Waals surface area contributed by atoms with Gasteiger partial charge in [-0.2, -0.15) is 0 Å². The first-order valence-electron chi connectivity index (χ1n) is 12.0. The molecule has 1 amide bonds. The fourth-order valence-corrected chi connectivity index (χ4v) is 3.90. The molecule has 15 heteroatoms. The highest BCUT2D eigenvalue weighted by Gasteiger charge is 2.45. The molecular formula is C23H35NO14. The van der Waals surface area contributed by atoms with Crippen molar-refractivity contribution in [1.29, 1.82) is 0 Å². The highest BCUT2D eigenvalue weighted by Crippen LogP contribution is 2.24. The molecule has 3 rings (SSSR count). The number of carbonyl (C=O) groups excluding carboxylic acids is 1. The summed E-state index contributed by atoms with van der Waals surface area (Å²) in [5, 5.41) is 81.3. The molecule has 0 radical (unpaired) electrons. The second-order valence-electron chi connectivity index (χ2n) is 8.96. The van der Waals surface area contributed by atoms with E-state index in [4.69, 9.17) is 23.7 Å². The SMILES string of the molecule is O=C(NC(CO[C@H]1O[C@H](CO)[C@@H](O)[C@H](O)[C@@H]1O)CO[C@H]1O[C@H](CO)[C@@H](O)[C@H](O)[C@@H]1O)OCc1ccccc1. The zero-order valence-electron chi connectivity index (χ0n) is 20.3. The van der Waals surface area contributed by atoms with Gasteiger partial charge in [0.15, 0.2) is 12.6 Å². The van der Waals surface area contributed by atoms with Gasteiger partial charge in [-0.1, -0.05) is 30.3 Å². The Hall–Kier alpha value is -1.99. The standard InChI is InChI=1S/C23H35NO14/c25-6-13-15(27)17(29)19(31)21(37-13)34-9-12(24-23(33)36-8-11-4-2-1-3-5-11)10-35-22-20(32)18(30)16(28)14(7-26)38-22/h1-5,12-22,25-32H,6-10H2,(H,24,33)/t13-,14-,15-,16-,17+,18+,19+,20+,21+,22+/m1/s1. The predicted octanol–water partition coefficient (Wildman–Crippen LogP) is -4.09. The van der Waals surface area contributed by atoms with Crippen LogP contribution in [-0.4, -0.2) is 141 Å². The van der Waals surface area contributed by atoms with Gasteiger partial charge >= 0.3 is 6.09 Å². The van der Waals surface area contributed by atoms with Gasteiger partial charge in [0.25, 0.3) is 0 Å². The molecule has 2 aliphatic rings. The molecule has 1 aromatic carbocycles. The summed E-state index contributed by atoms with van der Waals surface area (Å²) in [6, 6.07) is 7.78. The van der Waals surface area contributed by atoms with Gasteiger partial charge in [0, 0.05) is 0 Å². The normalized spacial score (nSPS) is 35.7. The second kappa shape index (κ2) is 14.4. The summed E-state index contributed by atoms with van der Waals surface area (Å²) in [5.74, 6) is 0. The molecule has 0 unspecified atom stereocenters. The van der Waals surface area contributed by atoms with Crippen LogP contribution >= 0.6 is 0 Å². The van der Waals surface area contributed by atoms with Crippen molar-refractivity contribution in [3.63, 3.8) is 0 Å². The van der Waals surface area contributed by atoms with E-state index in [0.717, 1.165) is 0 Å². The highest BCUT2D eigenvalue weighted by atomic mass is 16.7. The number of amides is 1. The molecule has 0 aliphatic carbocycles. The minimum atomic E-state index is -1.69. The maximum atomic E-state index is 12.4. The van der Waals surface area contributed by atoms with Gasteiger partial charge in [0.2, 0.25) is 0 Å². The average molecular weight is 550 g/mol. The van der Waals surface area contributed by atoms with Crippen LogP contribution < -0.4 is 5.32 Å². The van der Waals surface area contributed by atoms with E-state index < -0.39 is 100.0 Å². The number of rotatable bonds is 11. The summed E-state index contributed by atoms with van der Waals surface area (Å²) in [5.41, 5.74) is 0.717. The van der Waals surface area contributed by atoms with Crippen molar-refractivity contribution in [3.8, 4) is 0 Å². The number of hydrogen-bond acceptors (Lipinski definition) is 14. The molecule has 0 spiro atoms. The first-order chi connectivity index (χ1) is 18.2. The Morgan fingerprint density at radius 2 is 1.24 bits per heavy atom. The van der Waals surface area contributed by atoms with Crippen molar-refractivity contribution in [2.75, 3.05) is 26.4 Å². The Kier molecular flexibility index (Phi) is 11.6. The van der Waals surface area contributed by atoms with Gasteiger partial charge in [0.1, 0.15) is 55.4 Å². The molecule has 2 fully saturated rings. The molecule has 9 N–H and O–H groups in total. The largest absolute Gasteiger partial charge is 0.445 e.